The van der Waals surface area contributed by atoms with Crippen LogP contribution in [0.1, 0.15) is 41.9 Å². The molecule has 0 saturated carbocycles. The molecule has 0 atom stereocenters. The molecule has 6 nitrogen and oxygen atoms in total. The van der Waals surface area contributed by atoms with Crippen LogP contribution in [-0.2, 0) is 32.9 Å². The molecule has 0 radical (unpaired) electrons. The highest BCUT2D eigenvalue weighted by molar-refractivity contribution is 5.84. The minimum absolute atomic E-state index is 0.742. The lowest BCUT2D eigenvalue weighted by molar-refractivity contribution is 0.702. The Morgan fingerprint density at radius 2 is 2.04 bits per heavy atom. The Morgan fingerprint density at radius 3 is 2.75 bits per heavy atom. The molecule has 0 fully saturated rings. The van der Waals surface area contributed by atoms with Gasteiger partial charge in [-0.25, -0.2) is 0 Å². The highest BCUT2D eigenvalue weighted by atomic mass is 15.3. The number of fused-ring (bicyclic) bond motifs is 1. The molecule has 2 aromatic heterocycles. The first-order chi connectivity index (χ1) is 13.6. The normalized spacial score (nSPS) is 12.0. The number of aromatic amines is 1. The van der Waals surface area contributed by atoms with Crippen LogP contribution in [0.25, 0.3) is 10.9 Å². The zero-order valence-electron chi connectivity index (χ0n) is 17.7. The molecule has 0 bridgehead atoms. The van der Waals surface area contributed by atoms with Crippen LogP contribution in [0.2, 0.25) is 0 Å². The molecule has 0 spiro atoms. The van der Waals surface area contributed by atoms with Gasteiger partial charge in [-0.2, -0.15) is 5.10 Å². The number of H-pyrrole nitrogens is 1. The quantitative estimate of drug-likeness (QED) is 0.435. The van der Waals surface area contributed by atoms with Crippen molar-refractivity contribution in [1.82, 2.24) is 25.4 Å². The average Bonchev–Trinajstić information content (AvgIpc) is 3.23. The maximum atomic E-state index is 4.65. The maximum absolute atomic E-state index is 4.65. The Bertz CT molecular complexity index is 963. The van der Waals surface area contributed by atoms with Gasteiger partial charge in [0.1, 0.15) is 0 Å². The smallest absolute Gasteiger partial charge is 0.191 e. The van der Waals surface area contributed by atoms with Gasteiger partial charge in [0, 0.05) is 55.5 Å². The summed E-state index contributed by atoms with van der Waals surface area (Å²) < 4.78 is 2.00. The van der Waals surface area contributed by atoms with E-state index in [1.165, 1.54) is 33.3 Å². The Kier molecular flexibility index (Phi) is 6.39. The van der Waals surface area contributed by atoms with Crippen LogP contribution in [0.3, 0.4) is 0 Å². The van der Waals surface area contributed by atoms with Crippen LogP contribution >= 0.6 is 0 Å². The zero-order chi connectivity index (χ0) is 20.1. The molecule has 0 aliphatic carbocycles. The maximum Gasteiger partial charge on any atom is 0.191 e. The summed E-state index contributed by atoms with van der Waals surface area (Å²) in [5.41, 5.74) is 7.55. The fourth-order valence-electron chi connectivity index (χ4n) is 3.81. The van der Waals surface area contributed by atoms with Gasteiger partial charge in [-0.15, -0.1) is 0 Å². The van der Waals surface area contributed by atoms with Crippen molar-refractivity contribution < 1.29 is 0 Å². The fraction of sp³-hybridized carbons (Fsp3) is 0.455. The van der Waals surface area contributed by atoms with E-state index in [1.807, 2.05) is 18.8 Å². The van der Waals surface area contributed by atoms with Crippen molar-refractivity contribution >= 4 is 16.9 Å². The number of hydrogen-bond donors (Lipinski definition) is 3. The molecular weight excluding hydrogens is 348 g/mol. The highest BCUT2D eigenvalue weighted by Crippen LogP contribution is 2.19. The van der Waals surface area contributed by atoms with E-state index in [1.54, 1.807) is 0 Å². The Morgan fingerprint density at radius 1 is 1.21 bits per heavy atom. The number of hydrogen-bond acceptors (Lipinski definition) is 2. The third-order valence-corrected chi connectivity index (χ3v) is 5.29. The van der Waals surface area contributed by atoms with Gasteiger partial charge in [0.2, 0.25) is 0 Å². The summed E-state index contributed by atoms with van der Waals surface area (Å²) in [6.07, 6.45) is 4.97. The Labute approximate surface area is 167 Å². The predicted molar refractivity (Wildman–Crippen MR) is 117 cm³/mol. The van der Waals surface area contributed by atoms with E-state index in [0.717, 1.165) is 44.0 Å². The standard InChI is InChI=1S/C22H32N6/c1-6-19-18(21(7-2)28(5)27-19)14-26-22(23-4)24-11-10-16-13-25-20-12-15(3)8-9-17(16)20/h8-9,12-13,25H,6-7,10-11,14H2,1-5H3,(H2,23,24,26). The molecule has 0 amide bonds. The number of nitrogens with one attached hydrogen (secondary N) is 3. The monoisotopic (exact) mass is 380 g/mol. The average molecular weight is 381 g/mol. The molecule has 28 heavy (non-hydrogen) atoms. The van der Waals surface area contributed by atoms with Crippen molar-refractivity contribution in [2.45, 2.75) is 46.6 Å². The first-order valence-corrected chi connectivity index (χ1v) is 10.1. The van der Waals surface area contributed by atoms with E-state index in [2.05, 4.69) is 70.9 Å². The van der Waals surface area contributed by atoms with E-state index in [9.17, 15) is 0 Å². The largest absolute Gasteiger partial charge is 0.361 e. The number of rotatable bonds is 7. The van der Waals surface area contributed by atoms with Crippen molar-refractivity contribution in [2.24, 2.45) is 12.0 Å². The highest BCUT2D eigenvalue weighted by Gasteiger charge is 2.13. The van der Waals surface area contributed by atoms with E-state index < -0.39 is 0 Å². The summed E-state index contributed by atoms with van der Waals surface area (Å²) in [5.74, 6) is 0.823. The van der Waals surface area contributed by atoms with Crippen LogP contribution in [0.15, 0.2) is 29.4 Å². The summed E-state index contributed by atoms with van der Waals surface area (Å²) in [5, 5.41) is 12.8. The van der Waals surface area contributed by atoms with Crippen molar-refractivity contribution in [1.29, 1.82) is 0 Å². The van der Waals surface area contributed by atoms with Crippen molar-refractivity contribution in [3.05, 3.63) is 52.5 Å². The van der Waals surface area contributed by atoms with Crippen LogP contribution in [0, 0.1) is 6.92 Å². The first kappa shape index (κ1) is 20.0. The number of aryl methyl sites for hydroxylation is 3. The molecule has 150 valence electrons. The molecule has 3 rings (SSSR count). The summed E-state index contributed by atoms with van der Waals surface area (Å²) in [6.45, 7) is 8.02. The second-order valence-electron chi connectivity index (χ2n) is 7.17. The van der Waals surface area contributed by atoms with Crippen LogP contribution in [0.5, 0.6) is 0 Å². The van der Waals surface area contributed by atoms with Crippen molar-refractivity contribution in [3.63, 3.8) is 0 Å². The third-order valence-electron chi connectivity index (χ3n) is 5.29. The van der Waals surface area contributed by atoms with Crippen LogP contribution < -0.4 is 10.6 Å². The van der Waals surface area contributed by atoms with Gasteiger partial charge in [-0.1, -0.05) is 26.0 Å². The summed E-state index contributed by atoms with van der Waals surface area (Å²) >= 11 is 0. The molecule has 0 aliphatic heterocycles. The minimum atomic E-state index is 0.742. The summed E-state index contributed by atoms with van der Waals surface area (Å²) in [6, 6.07) is 6.56. The van der Waals surface area contributed by atoms with Gasteiger partial charge in [0.25, 0.3) is 0 Å². The predicted octanol–water partition coefficient (Wildman–Crippen LogP) is 3.24. The lowest BCUT2D eigenvalue weighted by Crippen LogP contribution is -2.38. The molecule has 1 aromatic carbocycles. The van der Waals surface area contributed by atoms with E-state index >= 15 is 0 Å². The van der Waals surface area contributed by atoms with Gasteiger partial charge >= 0.3 is 0 Å². The molecular formula is C22H32N6. The van der Waals surface area contributed by atoms with Crippen LogP contribution in [0.4, 0.5) is 0 Å². The second kappa shape index (κ2) is 8.95. The Balaban J connectivity index is 1.58. The lowest BCUT2D eigenvalue weighted by atomic mass is 10.1. The Hall–Kier alpha value is -2.76. The first-order valence-electron chi connectivity index (χ1n) is 10.1. The summed E-state index contributed by atoms with van der Waals surface area (Å²) in [7, 11) is 3.84. The molecule has 2 heterocycles. The van der Waals surface area contributed by atoms with Gasteiger partial charge in [0.15, 0.2) is 5.96 Å². The summed E-state index contributed by atoms with van der Waals surface area (Å²) in [4.78, 5) is 7.75. The topological polar surface area (TPSA) is 70.0 Å². The zero-order valence-corrected chi connectivity index (χ0v) is 17.7. The van der Waals surface area contributed by atoms with Gasteiger partial charge in [-0.3, -0.25) is 9.67 Å². The van der Waals surface area contributed by atoms with E-state index in [-0.39, 0.29) is 0 Å². The third kappa shape index (κ3) is 4.21. The van der Waals surface area contributed by atoms with Gasteiger partial charge in [-0.05, 0) is 43.4 Å². The number of nitrogens with zero attached hydrogens (tertiary/aromatic N) is 3. The molecule has 3 N–H and O–H groups in total. The minimum Gasteiger partial charge on any atom is -0.361 e. The molecule has 0 aliphatic rings. The van der Waals surface area contributed by atoms with Crippen molar-refractivity contribution in [3.8, 4) is 0 Å². The van der Waals surface area contributed by atoms with E-state index in [4.69, 9.17) is 0 Å². The van der Waals surface area contributed by atoms with Crippen LogP contribution in [-0.4, -0.2) is 34.3 Å². The number of aromatic nitrogens is 3. The number of guanidine groups is 1. The molecule has 6 heteroatoms. The second-order valence-corrected chi connectivity index (χ2v) is 7.17. The fourth-order valence-corrected chi connectivity index (χ4v) is 3.81. The van der Waals surface area contributed by atoms with Gasteiger partial charge in [0.05, 0.1) is 5.69 Å². The molecule has 0 saturated heterocycles. The van der Waals surface area contributed by atoms with Crippen molar-refractivity contribution in [2.75, 3.05) is 13.6 Å². The number of aliphatic imine (C=N–C) groups is 1. The van der Waals surface area contributed by atoms with E-state index in [0.29, 0.717) is 0 Å². The SMILES string of the molecule is CCc1nn(C)c(CC)c1CNC(=NC)NCCc1c[nH]c2cc(C)ccc12. The lowest BCUT2D eigenvalue weighted by Gasteiger charge is -2.13. The number of benzene rings is 1. The van der Waals surface area contributed by atoms with Gasteiger partial charge < -0.3 is 15.6 Å². The molecule has 0 unspecified atom stereocenters. The molecule has 3 aromatic rings.